The van der Waals surface area contributed by atoms with Gasteiger partial charge in [-0.2, -0.15) is 0 Å². The normalized spacial score (nSPS) is 15.0. The molecule has 0 atom stereocenters. The van der Waals surface area contributed by atoms with Crippen LogP contribution in [0.15, 0.2) is 59.6 Å². The summed E-state index contributed by atoms with van der Waals surface area (Å²) >= 11 is 0. The van der Waals surface area contributed by atoms with Gasteiger partial charge in [-0.3, -0.25) is 4.79 Å². The Morgan fingerprint density at radius 2 is 1.67 bits per heavy atom. The molecule has 2 N–H and O–H groups in total. The Hall–Kier alpha value is -3.02. The molecule has 0 saturated carbocycles. The average molecular weight is 409 g/mol. The Morgan fingerprint density at radius 3 is 2.30 bits per heavy atom. The fourth-order valence-electron chi connectivity index (χ4n) is 3.49. The second-order valence-electron chi connectivity index (χ2n) is 7.34. The Bertz CT molecular complexity index is 813. The number of nitrogens with zero attached hydrogens (tertiary/aromatic N) is 2. The van der Waals surface area contributed by atoms with E-state index in [9.17, 15) is 4.79 Å². The Balaban J connectivity index is 1.55. The van der Waals surface area contributed by atoms with E-state index in [0.717, 1.165) is 49.7 Å². The predicted molar refractivity (Wildman–Crippen MR) is 121 cm³/mol. The molecule has 0 radical (unpaired) electrons. The lowest BCUT2D eigenvalue weighted by molar-refractivity contribution is 0.0955. The first-order valence-electron chi connectivity index (χ1n) is 10.8. The van der Waals surface area contributed by atoms with E-state index in [1.54, 1.807) is 0 Å². The van der Waals surface area contributed by atoms with Gasteiger partial charge in [-0.25, -0.2) is 4.99 Å². The van der Waals surface area contributed by atoms with Gasteiger partial charge in [-0.05, 0) is 43.7 Å². The molecule has 0 spiro atoms. The van der Waals surface area contributed by atoms with Crippen molar-refractivity contribution in [3.05, 3.63) is 65.7 Å². The number of amides is 1. The van der Waals surface area contributed by atoms with Crippen LogP contribution in [-0.4, -0.2) is 49.0 Å². The van der Waals surface area contributed by atoms with E-state index >= 15 is 0 Å². The average Bonchev–Trinajstić information content (AvgIpc) is 2.78. The summed E-state index contributed by atoms with van der Waals surface area (Å²) in [6.45, 7) is 7.87. The maximum atomic E-state index is 11.9. The fourth-order valence-corrected chi connectivity index (χ4v) is 3.49. The van der Waals surface area contributed by atoms with Gasteiger partial charge in [0.05, 0.1) is 6.54 Å². The van der Waals surface area contributed by atoms with Gasteiger partial charge in [0.1, 0.15) is 11.9 Å². The number of aliphatic imine (C=N–C) groups is 1. The molecule has 0 unspecified atom stereocenters. The second-order valence-corrected chi connectivity index (χ2v) is 7.34. The third kappa shape index (κ3) is 6.24. The van der Waals surface area contributed by atoms with Crippen LogP contribution in [0.25, 0.3) is 0 Å². The number of likely N-dealkylation sites (tertiary alicyclic amines) is 1. The molecule has 2 aromatic rings. The number of piperidine rings is 1. The molecule has 3 rings (SSSR count). The summed E-state index contributed by atoms with van der Waals surface area (Å²) in [5.41, 5.74) is 1.76. The molecule has 1 heterocycles. The number of carbonyl (C=O) groups excluding carboxylic acids is 1. The number of ether oxygens (including phenoxy) is 1. The molecule has 0 bridgehead atoms. The van der Waals surface area contributed by atoms with Crippen molar-refractivity contribution in [2.75, 3.05) is 26.2 Å². The van der Waals surface area contributed by atoms with Gasteiger partial charge in [0, 0.05) is 44.6 Å². The zero-order valence-corrected chi connectivity index (χ0v) is 17.9. The van der Waals surface area contributed by atoms with Crippen LogP contribution in [0, 0.1) is 0 Å². The molecule has 1 saturated heterocycles. The highest BCUT2D eigenvalue weighted by atomic mass is 16.5. The van der Waals surface area contributed by atoms with E-state index in [1.807, 2.05) is 61.5 Å². The lowest BCUT2D eigenvalue weighted by atomic mass is 10.1. The number of para-hydroxylation sites is 1. The molecule has 1 aliphatic heterocycles. The van der Waals surface area contributed by atoms with Crippen molar-refractivity contribution in [3.63, 3.8) is 0 Å². The minimum atomic E-state index is -0.0403. The molecule has 6 heteroatoms. The highest BCUT2D eigenvalue weighted by Crippen LogP contribution is 2.19. The van der Waals surface area contributed by atoms with Crippen molar-refractivity contribution in [3.8, 4) is 5.75 Å². The van der Waals surface area contributed by atoms with Crippen LogP contribution in [0.1, 0.15) is 42.6 Å². The summed E-state index contributed by atoms with van der Waals surface area (Å²) in [5.74, 6) is 1.83. The van der Waals surface area contributed by atoms with Crippen LogP contribution in [0.5, 0.6) is 5.75 Å². The molecule has 0 aromatic heterocycles. The SMILES string of the molecule is CCNC(=O)c1ccc(CN=C(NCC)N2CCC(Oc3ccccc3)CC2)cc1. The quantitative estimate of drug-likeness (QED) is 0.544. The van der Waals surface area contributed by atoms with Crippen molar-refractivity contribution >= 4 is 11.9 Å². The van der Waals surface area contributed by atoms with E-state index in [1.165, 1.54) is 0 Å². The minimum absolute atomic E-state index is 0.0403. The maximum Gasteiger partial charge on any atom is 0.251 e. The number of rotatable bonds is 7. The molecular formula is C24H32N4O2. The summed E-state index contributed by atoms with van der Waals surface area (Å²) in [6.07, 6.45) is 2.19. The molecular weight excluding hydrogens is 376 g/mol. The zero-order chi connectivity index (χ0) is 21.2. The van der Waals surface area contributed by atoms with Gasteiger partial charge in [-0.1, -0.05) is 30.3 Å². The van der Waals surface area contributed by atoms with E-state index in [-0.39, 0.29) is 12.0 Å². The zero-order valence-electron chi connectivity index (χ0n) is 17.9. The van der Waals surface area contributed by atoms with Crippen LogP contribution < -0.4 is 15.4 Å². The van der Waals surface area contributed by atoms with Crippen molar-refractivity contribution in [2.24, 2.45) is 4.99 Å². The number of hydrogen-bond acceptors (Lipinski definition) is 3. The molecule has 0 aliphatic carbocycles. The number of nitrogens with one attached hydrogen (secondary N) is 2. The second kappa shape index (κ2) is 11.2. The van der Waals surface area contributed by atoms with E-state index in [4.69, 9.17) is 9.73 Å². The molecule has 1 amide bonds. The van der Waals surface area contributed by atoms with Gasteiger partial charge in [0.2, 0.25) is 0 Å². The van der Waals surface area contributed by atoms with Crippen molar-refractivity contribution in [1.29, 1.82) is 0 Å². The van der Waals surface area contributed by atoms with Crippen LogP contribution >= 0.6 is 0 Å². The van der Waals surface area contributed by atoms with Crippen molar-refractivity contribution < 1.29 is 9.53 Å². The minimum Gasteiger partial charge on any atom is -0.490 e. The number of benzene rings is 2. The summed E-state index contributed by atoms with van der Waals surface area (Å²) < 4.78 is 6.10. The van der Waals surface area contributed by atoms with Gasteiger partial charge >= 0.3 is 0 Å². The third-order valence-electron chi connectivity index (χ3n) is 5.09. The molecule has 160 valence electrons. The van der Waals surface area contributed by atoms with Crippen LogP contribution in [0.2, 0.25) is 0 Å². The molecule has 30 heavy (non-hydrogen) atoms. The fraction of sp³-hybridized carbons (Fsp3) is 0.417. The Labute approximate surface area is 179 Å². The van der Waals surface area contributed by atoms with Gasteiger partial charge < -0.3 is 20.3 Å². The molecule has 1 aliphatic rings. The number of guanidine groups is 1. The monoisotopic (exact) mass is 408 g/mol. The lowest BCUT2D eigenvalue weighted by Crippen LogP contribution is -2.47. The van der Waals surface area contributed by atoms with Crippen LogP contribution in [-0.2, 0) is 6.54 Å². The Morgan fingerprint density at radius 1 is 1.00 bits per heavy atom. The van der Waals surface area contributed by atoms with Crippen molar-refractivity contribution in [1.82, 2.24) is 15.5 Å². The predicted octanol–water partition coefficient (Wildman–Crippen LogP) is 3.45. The van der Waals surface area contributed by atoms with Gasteiger partial charge in [-0.15, -0.1) is 0 Å². The first-order valence-corrected chi connectivity index (χ1v) is 10.8. The molecule has 2 aromatic carbocycles. The highest BCUT2D eigenvalue weighted by Gasteiger charge is 2.22. The summed E-state index contributed by atoms with van der Waals surface area (Å²) in [7, 11) is 0. The number of carbonyl (C=O) groups is 1. The lowest BCUT2D eigenvalue weighted by Gasteiger charge is -2.34. The first kappa shape index (κ1) is 21.7. The smallest absolute Gasteiger partial charge is 0.251 e. The first-order chi connectivity index (χ1) is 14.7. The highest BCUT2D eigenvalue weighted by molar-refractivity contribution is 5.94. The summed E-state index contributed by atoms with van der Waals surface area (Å²) in [6, 6.07) is 17.7. The van der Waals surface area contributed by atoms with E-state index in [2.05, 4.69) is 22.5 Å². The van der Waals surface area contributed by atoms with Crippen molar-refractivity contribution in [2.45, 2.75) is 39.3 Å². The summed E-state index contributed by atoms with van der Waals surface area (Å²) in [5, 5.41) is 6.22. The van der Waals surface area contributed by atoms with Gasteiger partial charge in [0.25, 0.3) is 5.91 Å². The topological polar surface area (TPSA) is 66.0 Å². The third-order valence-corrected chi connectivity index (χ3v) is 5.09. The van der Waals surface area contributed by atoms with E-state index in [0.29, 0.717) is 18.7 Å². The van der Waals surface area contributed by atoms with Gasteiger partial charge in [0.15, 0.2) is 5.96 Å². The molecule has 6 nitrogen and oxygen atoms in total. The number of hydrogen-bond donors (Lipinski definition) is 2. The van der Waals surface area contributed by atoms with E-state index < -0.39 is 0 Å². The molecule has 1 fully saturated rings. The van der Waals surface area contributed by atoms with Crippen LogP contribution in [0.3, 0.4) is 0 Å². The Kier molecular flexibility index (Phi) is 8.12. The largest absolute Gasteiger partial charge is 0.490 e. The standard InChI is InChI=1S/C24H32N4O2/c1-3-25-23(29)20-12-10-19(11-13-20)18-27-24(26-4-2)28-16-14-22(15-17-28)30-21-8-6-5-7-9-21/h5-13,22H,3-4,14-18H2,1-2H3,(H,25,29)(H,26,27). The maximum absolute atomic E-state index is 11.9. The summed E-state index contributed by atoms with van der Waals surface area (Å²) in [4.78, 5) is 19.0. The van der Waals surface area contributed by atoms with Crippen LogP contribution in [0.4, 0.5) is 0 Å².